The number of nitrogens with one attached hydrogen (secondary N) is 1. The lowest BCUT2D eigenvalue weighted by Crippen LogP contribution is -1.98. The average molecular weight is 297 g/mol. The molecule has 0 aliphatic heterocycles. The Hall–Kier alpha value is -0.870. The van der Waals surface area contributed by atoms with Crippen molar-refractivity contribution in [3.8, 4) is 0 Å². The zero-order chi connectivity index (χ0) is 11.5. The van der Waals surface area contributed by atoms with Gasteiger partial charge in [0.2, 0.25) is 0 Å². The maximum Gasteiger partial charge on any atom is 0.0897 e. The van der Waals surface area contributed by atoms with Gasteiger partial charge in [-0.2, -0.15) is 0 Å². The summed E-state index contributed by atoms with van der Waals surface area (Å²) in [7, 11) is 0. The first kappa shape index (κ1) is 11.6. The van der Waals surface area contributed by atoms with Gasteiger partial charge in [-0.3, -0.25) is 0 Å². The van der Waals surface area contributed by atoms with Crippen LogP contribution in [0.3, 0.4) is 0 Å². The fraction of sp³-hybridized carbons (Fsp3) is 0.250. The first-order chi connectivity index (χ1) is 7.66. The molecule has 2 rings (SSSR count). The third-order valence-electron chi connectivity index (χ3n) is 2.31. The number of anilines is 1. The van der Waals surface area contributed by atoms with Crippen LogP contribution in [0.1, 0.15) is 15.4 Å². The first-order valence-corrected chi connectivity index (χ1v) is 6.68. The summed E-state index contributed by atoms with van der Waals surface area (Å²) in [4.78, 5) is 5.49. The van der Waals surface area contributed by atoms with Crippen molar-refractivity contribution >= 4 is 33.0 Å². The Labute approximate surface area is 108 Å². The number of hydrogen-bond donors (Lipinski definition) is 1. The maximum atomic E-state index is 4.24. The Bertz CT molecular complexity index is 494. The molecule has 1 aromatic carbocycles. The van der Waals surface area contributed by atoms with Crippen LogP contribution in [-0.2, 0) is 6.54 Å². The fourth-order valence-corrected chi connectivity index (χ4v) is 2.59. The number of aryl methyl sites for hydroxylation is 2. The van der Waals surface area contributed by atoms with Crippen LogP contribution in [0.15, 0.2) is 28.9 Å². The second-order valence-corrected chi connectivity index (χ2v) is 5.75. The SMILES string of the molecule is Cc1ncc(CNc2cccc(C)c2Br)s1. The van der Waals surface area contributed by atoms with Gasteiger partial charge in [-0.25, -0.2) is 4.98 Å². The van der Waals surface area contributed by atoms with Crippen molar-refractivity contribution in [1.29, 1.82) is 0 Å². The molecule has 0 saturated carbocycles. The zero-order valence-electron chi connectivity index (χ0n) is 9.25. The minimum absolute atomic E-state index is 0.827. The molecule has 1 N–H and O–H groups in total. The van der Waals surface area contributed by atoms with E-state index in [4.69, 9.17) is 0 Å². The molecule has 1 aromatic heterocycles. The number of hydrogen-bond acceptors (Lipinski definition) is 3. The summed E-state index contributed by atoms with van der Waals surface area (Å²) in [6.07, 6.45) is 1.93. The third kappa shape index (κ3) is 2.62. The van der Waals surface area contributed by atoms with E-state index in [1.807, 2.05) is 13.1 Å². The van der Waals surface area contributed by atoms with E-state index in [-0.39, 0.29) is 0 Å². The molecule has 0 bridgehead atoms. The zero-order valence-corrected chi connectivity index (χ0v) is 11.7. The number of rotatable bonds is 3. The van der Waals surface area contributed by atoms with Crippen molar-refractivity contribution in [2.45, 2.75) is 20.4 Å². The van der Waals surface area contributed by atoms with E-state index >= 15 is 0 Å². The Morgan fingerprint density at radius 2 is 2.19 bits per heavy atom. The summed E-state index contributed by atoms with van der Waals surface area (Å²) >= 11 is 5.31. The van der Waals surface area contributed by atoms with Gasteiger partial charge in [0.05, 0.1) is 11.6 Å². The molecule has 0 radical (unpaired) electrons. The van der Waals surface area contributed by atoms with E-state index in [9.17, 15) is 0 Å². The molecule has 0 atom stereocenters. The Morgan fingerprint density at radius 3 is 2.88 bits per heavy atom. The van der Waals surface area contributed by atoms with E-state index < -0.39 is 0 Å². The van der Waals surface area contributed by atoms with Gasteiger partial charge in [-0.05, 0) is 41.4 Å². The van der Waals surface area contributed by atoms with Gasteiger partial charge in [-0.15, -0.1) is 11.3 Å². The quantitative estimate of drug-likeness (QED) is 0.921. The Balaban J connectivity index is 2.07. The highest BCUT2D eigenvalue weighted by Crippen LogP contribution is 2.26. The lowest BCUT2D eigenvalue weighted by Gasteiger charge is -2.08. The van der Waals surface area contributed by atoms with Gasteiger partial charge < -0.3 is 5.32 Å². The summed E-state index contributed by atoms with van der Waals surface area (Å²) in [5.74, 6) is 0. The first-order valence-electron chi connectivity index (χ1n) is 5.07. The van der Waals surface area contributed by atoms with Crippen molar-refractivity contribution < 1.29 is 0 Å². The topological polar surface area (TPSA) is 24.9 Å². The van der Waals surface area contributed by atoms with Crippen LogP contribution in [0.5, 0.6) is 0 Å². The van der Waals surface area contributed by atoms with Gasteiger partial charge >= 0.3 is 0 Å². The van der Waals surface area contributed by atoms with Crippen LogP contribution >= 0.6 is 27.3 Å². The van der Waals surface area contributed by atoms with Crippen LogP contribution in [0.25, 0.3) is 0 Å². The predicted octanol–water partition coefficient (Wildman–Crippen LogP) is 4.13. The molecule has 2 nitrogen and oxygen atoms in total. The number of thiazole rings is 1. The molecular formula is C12H13BrN2S. The highest BCUT2D eigenvalue weighted by atomic mass is 79.9. The van der Waals surface area contributed by atoms with Crippen LogP contribution < -0.4 is 5.32 Å². The smallest absolute Gasteiger partial charge is 0.0897 e. The predicted molar refractivity (Wildman–Crippen MR) is 73.1 cm³/mol. The maximum absolute atomic E-state index is 4.24. The van der Waals surface area contributed by atoms with Gasteiger partial charge in [0.15, 0.2) is 0 Å². The molecule has 16 heavy (non-hydrogen) atoms. The molecule has 0 aliphatic rings. The monoisotopic (exact) mass is 296 g/mol. The van der Waals surface area contributed by atoms with Crippen molar-refractivity contribution in [3.05, 3.63) is 44.3 Å². The van der Waals surface area contributed by atoms with Crippen molar-refractivity contribution in [2.75, 3.05) is 5.32 Å². The highest BCUT2D eigenvalue weighted by Gasteiger charge is 2.03. The largest absolute Gasteiger partial charge is 0.379 e. The van der Waals surface area contributed by atoms with Crippen molar-refractivity contribution in [3.63, 3.8) is 0 Å². The van der Waals surface area contributed by atoms with Crippen LogP contribution in [-0.4, -0.2) is 4.98 Å². The third-order valence-corrected chi connectivity index (χ3v) is 4.28. The standard InChI is InChI=1S/C12H13BrN2S/c1-8-4-3-5-11(12(8)13)15-7-10-6-14-9(2)16-10/h3-6,15H,7H2,1-2H3. The van der Waals surface area contributed by atoms with E-state index in [1.54, 1.807) is 11.3 Å². The van der Waals surface area contributed by atoms with E-state index in [0.29, 0.717) is 0 Å². The lowest BCUT2D eigenvalue weighted by molar-refractivity contribution is 1.16. The number of nitrogens with zero attached hydrogens (tertiary/aromatic N) is 1. The Kier molecular flexibility index (Phi) is 3.61. The van der Waals surface area contributed by atoms with Gasteiger partial charge in [0.25, 0.3) is 0 Å². The summed E-state index contributed by atoms with van der Waals surface area (Å²) in [5, 5.41) is 4.52. The molecule has 0 spiro atoms. The summed E-state index contributed by atoms with van der Waals surface area (Å²) < 4.78 is 1.14. The van der Waals surface area contributed by atoms with Crippen LogP contribution in [0, 0.1) is 13.8 Å². The molecule has 0 aliphatic carbocycles. The van der Waals surface area contributed by atoms with Gasteiger partial charge in [0.1, 0.15) is 0 Å². The second-order valence-electron chi connectivity index (χ2n) is 3.64. The highest BCUT2D eigenvalue weighted by molar-refractivity contribution is 9.10. The van der Waals surface area contributed by atoms with E-state index in [1.165, 1.54) is 10.4 Å². The molecule has 4 heteroatoms. The molecule has 2 aromatic rings. The number of benzene rings is 1. The van der Waals surface area contributed by atoms with Gasteiger partial charge in [0, 0.05) is 21.2 Å². The molecular weight excluding hydrogens is 284 g/mol. The summed E-state index contributed by atoms with van der Waals surface area (Å²) in [5.41, 5.74) is 2.37. The molecule has 0 saturated heterocycles. The summed E-state index contributed by atoms with van der Waals surface area (Å²) in [6, 6.07) is 6.22. The number of aromatic nitrogens is 1. The van der Waals surface area contributed by atoms with Crippen LogP contribution in [0.2, 0.25) is 0 Å². The fourth-order valence-electron chi connectivity index (χ4n) is 1.45. The molecule has 84 valence electrons. The Morgan fingerprint density at radius 1 is 1.38 bits per heavy atom. The average Bonchev–Trinajstić information content (AvgIpc) is 2.67. The van der Waals surface area contributed by atoms with E-state index in [0.717, 1.165) is 21.7 Å². The summed E-state index contributed by atoms with van der Waals surface area (Å²) in [6.45, 7) is 4.94. The minimum atomic E-state index is 0.827. The normalized spacial score (nSPS) is 10.4. The van der Waals surface area contributed by atoms with Crippen molar-refractivity contribution in [1.82, 2.24) is 4.98 Å². The molecule has 1 heterocycles. The van der Waals surface area contributed by atoms with Crippen molar-refractivity contribution in [2.24, 2.45) is 0 Å². The lowest BCUT2D eigenvalue weighted by atomic mass is 10.2. The van der Waals surface area contributed by atoms with Gasteiger partial charge in [-0.1, -0.05) is 12.1 Å². The molecule has 0 fully saturated rings. The van der Waals surface area contributed by atoms with E-state index in [2.05, 4.69) is 51.4 Å². The van der Waals surface area contributed by atoms with Crippen LogP contribution in [0.4, 0.5) is 5.69 Å². The molecule has 0 unspecified atom stereocenters. The number of halogens is 1. The second kappa shape index (κ2) is 4.97. The minimum Gasteiger partial charge on any atom is -0.379 e. The molecule has 0 amide bonds.